The highest BCUT2D eigenvalue weighted by molar-refractivity contribution is 4.88. The number of likely N-dealkylation sites (tertiary alicyclic amines) is 1. The van der Waals surface area contributed by atoms with Crippen molar-refractivity contribution in [3.05, 3.63) is 0 Å². The number of piperidine rings is 1. The van der Waals surface area contributed by atoms with E-state index in [0.717, 1.165) is 11.8 Å². The SMILES string of the molecule is CN1CCC(C2CNCC(C)(C)C2)C1. The van der Waals surface area contributed by atoms with Crippen LogP contribution in [-0.2, 0) is 0 Å². The Morgan fingerprint density at radius 3 is 2.64 bits per heavy atom. The maximum Gasteiger partial charge on any atom is 0.00102 e. The molecule has 2 fully saturated rings. The molecule has 82 valence electrons. The lowest BCUT2D eigenvalue weighted by Gasteiger charge is -2.38. The van der Waals surface area contributed by atoms with Crippen LogP contribution >= 0.6 is 0 Å². The van der Waals surface area contributed by atoms with Gasteiger partial charge in [0.2, 0.25) is 0 Å². The fraction of sp³-hybridized carbons (Fsp3) is 1.00. The van der Waals surface area contributed by atoms with E-state index in [1.54, 1.807) is 0 Å². The lowest BCUT2D eigenvalue weighted by atomic mass is 9.74. The summed E-state index contributed by atoms with van der Waals surface area (Å²) in [4.78, 5) is 2.48. The zero-order valence-corrected chi connectivity index (χ0v) is 9.84. The molecular weight excluding hydrogens is 172 g/mol. The van der Waals surface area contributed by atoms with Crippen molar-refractivity contribution in [3.63, 3.8) is 0 Å². The van der Waals surface area contributed by atoms with E-state index in [1.807, 2.05) is 0 Å². The standard InChI is InChI=1S/C12H24N2/c1-12(2)6-11(7-13-9-12)10-4-5-14(3)8-10/h10-11,13H,4-9H2,1-3H3. The number of rotatable bonds is 1. The van der Waals surface area contributed by atoms with Gasteiger partial charge in [-0.2, -0.15) is 0 Å². The summed E-state index contributed by atoms with van der Waals surface area (Å²) in [7, 11) is 2.25. The van der Waals surface area contributed by atoms with Crippen LogP contribution in [0.4, 0.5) is 0 Å². The van der Waals surface area contributed by atoms with Crippen LogP contribution in [0.15, 0.2) is 0 Å². The lowest BCUT2D eigenvalue weighted by molar-refractivity contribution is 0.154. The fourth-order valence-corrected chi connectivity index (χ4v) is 3.14. The zero-order chi connectivity index (χ0) is 10.2. The molecule has 1 N–H and O–H groups in total. The van der Waals surface area contributed by atoms with E-state index in [0.29, 0.717) is 5.41 Å². The average molecular weight is 196 g/mol. The van der Waals surface area contributed by atoms with E-state index >= 15 is 0 Å². The molecule has 2 rings (SSSR count). The molecular formula is C12H24N2. The molecule has 0 aliphatic carbocycles. The normalized spacial score (nSPS) is 38.8. The van der Waals surface area contributed by atoms with Crippen molar-refractivity contribution in [1.82, 2.24) is 10.2 Å². The third kappa shape index (κ3) is 2.29. The summed E-state index contributed by atoms with van der Waals surface area (Å²) in [5, 5.41) is 3.60. The van der Waals surface area contributed by atoms with Gasteiger partial charge in [-0.25, -0.2) is 0 Å². The van der Waals surface area contributed by atoms with Gasteiger partial charge in [0.05, 0.1) is 0 Å². The first-order valence-corrected chi connectivity index (χ1v) is 5.96. The van der Waals surface area contributed by atoms with Gasteiger partial charge in [-0.1, -0.05) is 13.8 Å². The lowest BCUT2D eigenvalue weighted by Crippen LogP contribution is -2.44. The molecule has 0 saturated carbocycles. The van der Waals surface area contributed by atoms with E-state index in [9.17, 15) is 0 Å². The van der Waals surface area contributed by atoms with E-state index < -0.39 is 0 Å². The van der Waals surface area contributed by atoms with Gasteiger partial charge in [0, 0.05) is 13.1 Å². The minimum atomic E-state index is 0.518. The van der Waals surface area contributed by atoms with Crippen LogP contribution in [0.5, 0.6) is 0 Å². The monoisotopic (exact) mass is 196 g/mol. The molecule has 0 aromatic carbocycles. The van der Waals surface area contributed by atoms with Gasteiger partial charge in [0.15, 0.2) is 0 Å². The molecule has 2 nitrogen and oxygen atoms in total. The minimum absolute atomic E-state index is 0.518. The highest BCUT2D eigenvalue weighted by Gasteiger charge is 2.34. The Morgan fingerprint density at radius 2 is 2.07 bits per heavy atom. The van der Waals surface area contributed by atoms with Crippen LogP contribution in [0.25, 0.3) is 0 Å². The van der Waals surface area contributed by atoms with Gasteiger partial charge in [-0.15, -0.1) is 0 Å². The van der Waals surface area contributed by atoms with E-state index in [1.165, 1.54) is 39.0 Å². The Hall–Kier alpha value is -0.0800. The smallest absolute Gasteiger partial charge is 0.00102 e. The second kappa shape index (κ2) is 3.82. The molecule has 2 unspecified atom stereocenters. The van der Waals surface area contributed by atoms with E-state index in [-0.39, 0.29) is 0 Å². The van der Waals surface area contributed by atoms with Crippen molar-refractivity contribution in [3.8, 4) is 0 Å². The predicted octanol–water partition coefficient (Wildman–Crippen LogP) is 1.57. The Labute approximate surface area is 88.1 Å². The quantitative estimate of drug-likeness (QED) is 0.685. The van der Waals surface area contributed by atoms with Gasteiger partial charge in [-0.3, -0.25) is 0 Å². The highest BCUT2D eigenvalue weighted by Crippen LogP contribution is 2.35. The Morgan fingerprint density at radius 1 is 1.29 bits per heavy atom. The summed E-state index contributed by atoms with van der Waals surface area (Å²) >= 11 is 0. The number of hydrogen-bond acceptors (Lipinski definition) is 2. The Kier molecular flexibility index (Phi) is 2.85. The van der Waals surface area contributed by atoms with Crippen molar-refractivity contribution in [2.45, 2.75) is 26.7 Å². The maximum atomic E-state index is 3.60. The second-order valence-corrected chi connectivity index (χ2v) is 6.07. The Bertz CT molecular complexity index is 200. The molecule has 0 amide bonds. The van der Waals surface area contributed by atoms with Crippen LogP contribution in [0, 0.1) is 17.3 Å². The summed E-state index contributed by atoms with van der Waals surface area (Å²) < 4.78 is 0. The predicted molar refractivity (Wildman–Crippen MR) is 60.4 cm³/mol. The average Bonchev–Trinajstić information content (AvgIpc) is 2.50. The molecule has 0 bridgehead atoms. The molecule has 0 radical (unpaired) electrons. The molecule has 2 atom stereocenters. The molecule has 0 aromatic rings. The van der Waals surface area contributed by atoms with Crippen LogP contribution in [-0.4, -0.2) is 38.1 Å². The molecule has 2 heteroatoms. The third-order valence-electron chi connectivity index (χ3n) is 3.92. The highest BCUT2D eigenvalue weighted by atomic mass is 15.1. The summed E-state index contributed by atoms with van der Waals surface area (Å²) in [5.74, 6) is 1.87. The fourth-order valence-electron chi connectivity index (χ4n) is 3.14. The van der Waals surface area contributed by atoms with Gasteiger partial charge in [-0.05, 0) is 50.2 Å². The van der Waals surface area contributed by atoms with E-state index in [4.69, 9.17) is 0 Å². The van der Waals surface area contributed by atoms with E-state index in [2.05, 4.69) is 31.1 Å². The third-order valence-corrected chi connectivity index (χ3v) is 3.92. The molecule has 0 spiro atoms. The molecule has 2 aliphatic rings. The summed E-state index contributed by atoms with van der Waals surface area (Å²) in [6, 6.07) is 0. The van der Waals surface area contributed by atoms with Gasteiger partial charge < -0.3 is 10.2 Å². The number of hydrogen-bond donors (Lipinski definition) is 1. The van der Waals surface area contributed by atoms with Gasteiger partial charge in [0.1, 0.15) is 0 Å². The second-order valence-electron chi connectivity index (χ2n) is 6.07. The van der Waals surface area contributed by atoms with Crippen molar-refractivity contribution < 1.29 is 0 Å². The van der Waals surface area contributed by atoms with Crippen LogP contribution in [0.2, 0.25) is 0 Å². The topological polar surface area (TPSA) is 15.3 Å². The van der Waals surface area contributed by atoms with Crippen molar-refractivity contribution >= 4 is 0 Å². The first-order chi connectivity index (χ1) is 6.57. The minimum Gasteiger partial charge on any atom is -0.316 e. The van der Waals surface area contributed by atoms with Crippen LogP contribution < -0.4 is 5.32 Å². The van der Waals surface area contributed by atoms with Gasteiger partial charge >= 0.3 is 0 Å². The number of nitrogens with one attached hydrogen (secondary N) is 1. The molecule has 0 aromatic heterocycles. The Balaban J connectivity index is 1.91. The summed E-state index contributed by atoms with van der Waals surface area (Å²) in [5.41, 5.74) is 0.518. The summed E-state index contributed by atoms with van der Waals surface area (Å²) in [6.07, 6.45) is 2.83. The largest absolute Gasteiger partial charge is 0.316 e. The first kappa shape index (κ1) is 10.4. The molecule has 2 saturated heterocycles. The first-order valence-electron chi connectivity index (χ1n) is 5.96. The summed E-state index contributed by atoms with van der Waals surface area (Å²) in [6.45, 7) is 9.87. The zero-order valence-electron chi connectivity index (χ0n) is 9.84. The van der Waals surface area contributed by atoms with Crippen LogP contribution in [0.3, 0.4) is 0 Å². The van der Waals surface area contributed by atoms with Crippen molar-refractivity contribution in [2.75, 3.05) is 33.2 Å². The van der Waals surface area contributed by atoms with Gasteiger partial charge in [0.25, 0.3) is 0 Å². The molecule has 14 heavy (non-hydrogen) atoms. The maximum absolute atomic E-state index is 3.60. The van der Waals surface area contributed by atoms with Crippen LogP contribution in [0.1, 0.15) is 26.7 Å². The molecule has 2 heterocycles. The van der Waals surface area contributed by atoms with Crippen molar-refractivity contribution in [1.29, 1.82) is 0 Å². The van der Waals surface area contributed by atoms with Crippen molar-refractivity contribution in [2.24, 2.45) is 17.3 Å². The number of nitrogens with zero attached hydrogens (tertiary/aromatic N) is 1. The molecule has 2 aliphatic heterocycles.